The third kappa shape index (κ3) is 6.42. The molecule has 16 heavy (non-hydrogen) atoms. The zero-order chi connectivity index (χ0) is 12.4. The molecule has 3 N–H and O–H groups in total. The van der Waals surface area contributed by atoms with Crippen molar-refractivity contribution in [3.63, 3.8) is 0 Å². The molecule has 0 saturated heterocycles. The Hall–Kier alpha value is -0.170. The average molecular weight is 251 g/mol. The van der Waals surface area contributed by atoms with E-state index in [0.717, 1.165) is 25.7 Å². The molecule has 0 bridgehead atoms. The monoisotopic (exact) mass is 251 g/mol. The molecule has 0 radical (unpaired) electrons. The van der Waals surface area contributed by atoms with Crippen LogP contribution in [0.25, 0.3) is 0 Å². The molecule has 0 spiro atoms. The number of nitrogens with two attached hydrogens (primary N) is 1. The van der Waals surface area contributed by atoms with Gasteiger partial charge in [-0.25, -0.2) is 4.72 Å². The predicted octanol–water partition coefficient (Wildman–Crippen LogP) is 0.682. The number of nitrogens with zero attached hydrogens (tertiary/aromatic N) is 1. The second-order valence-corrected chi connectivity index (χ2v) is 5.44. The number of rotatable bonds is 10. The normalized spacial score (nSPS) is 12.2. The summed E-state index contributed by atoms with van der Waals surface area (Å²) in [5, 5.41) is 0. The van der Waals surface area contributed by atoms with Crippen LogP contribution in [0.4, 0.5) is 0 Å². The van der Waals surface area contributed by atoms with Gasteiger partial charge >= 0.3 is 0 Å². The van der Waals surface area contributed by atoms with Crippen molar-refractivity contribution < 1.29 is 8.42 Å². The maximum atomic E-state index is 11.7. The van der Waals surface area contributed by atoms with Crippen molar-refractivity contribution in [1.82, 2.24) is 9.03 Å². The van der Waals surface area contributed by atoms with Crippen LogP contribution in [0.5, 0.6) is 0 Å². The van der Waals surface area contributed by atoms with Crippen LogP contribution >= 0.6 is 0 Å². The first-order valence-electron chi connectivity index (χ1n) is 6.03. The zero-order valence-corrected chi connectivity index (χ0v) is 11.2. The highest BCUT2D eigenvalue weighted by molar-refractivity contribution is 7.87. The van der Waals surface area contributed by atoms with Gasteiger partial charge in [-0.2, -0.15) is 12.7 Å². The second-order valence-electron chi connectivity index (χ2n) is 3.69. The molecule has 0 aromatic heterocycles. The maximum Gasteiger partial charge on any atom is 0.279 e. The van der Waals surface area contributed by atoms with E-state index < -0.39 is 10.2 Å². The van der Waals surface area contributed by atoms with Gasteiger partial charge in [0.1, 0.15) is 0 Å². The highest BCUT2D eigenvalue weighted by Crippen LogP contribution is 2.00. The maximum absolute atomic E-state index is 11.7. The fourth-order valence-electron chi connectivity index (χ4n) is 1.48. The van der Waals surface area contributed by atoms with Crippen LogP contribution in [-0.4, -0.2) is 38.9 Å². The lowest BCUT2D eigenvalue weighted by molar-refractivity contribution is 0.433. The van der Waals surface area contributed by atoms with Crippen molar-refractivity contribution in [2.45, 2.75) is 39.5 Å². The molecule has 6 heteroatoms. The van der Waals surface area contributed by atoms with E-state index in [9.17, 15) is 8.42 Å². The molecule has 0 aliphatic heterocycles. The van der Waals surface area contributed by atoms with Crippen LogP contribution in [-0.2, 0) is 10.2 Å². The lowest BCUT2D eigenvalue weighted by Crippen LogP contribution is -2.40. The third-order valence-corrected chi connectivity index (χ3v) is 4.23. The molecule has 0 amide bonds. The number of nitrogens with one attached hydrogen (secondary N) is 1. The van der Waals surface area contributed by atoms with Crippen molar-refractivity contribution in [3.05, 3.63) is 0 Å². The number of hydrogen-bond donors (Lipinski definition) is 2. The Kier molecular flexibility index (Phi) is 8.83. The van der Waals surface area contributed by atoms with Crippen LogP contribution < -0.4 is 10.5 Å². The Bertz CT molecular complexity index is 251. The van der Waals surface area contributed by atoms with Crippen molar-refractivity contribution in [3.8, 4) is 0 Å². The summed E-state index contributed by atoms with van der Waals surface area (Å²) in [6.45, 7) is 5.93. The molecule has 5 nitrogen and oxygen atoms in total. The van der Waals surface area contributed by atoms with Crippen LogP contribution in [0, 0.1) is 0 Å². The van der Waals surface area contributed by atoms with Crippen molar-refractivity contribution >= 4 is 10.2 Å². The van der Waals surface area contributed by atoms with Crippen molar-refractivity contribution in [2.24, 2.45) is 5.73 Å². The summed E-state index contributed by atoms with van der Waals surface area (Å²) in [5.74, 6) is 0. The van der Waals surface area contributed by atoms with Gasteiger partial charge in [-0.15, -0.1) is 0 Å². The summed E-state index contributed by atoms with van der Waals surface area (Å²) in [4.78, 5) is 0. The Morgan fingerprint density at radius 2 is 1.62 bits per heavy atom. The Labute approximate surface area is 99.6 Å². The van der Waals surface area contributed by atoms with E-state index in [1.165, 1.54) is 4.31 Å². The molecule has 0 unspecified atom stereocenters. The van der Waals surface area contributed by atoms with Gasteiger partial charge in [-0.1, -0.05) is 26.7 Å². The van der Waals surface area contributed by atoms with Gasteiger partial charge in [0.2, 0.25) is 0 Å². The summed E-state index contributed by atoms with van der Waals surface area (Å²) in [6.07, 6.45) is 3.99. The molecular formula is C10H25N3O2S. The predicted molar refractivity (Wildman–Crippen MR) is 67.4 cm³/mol. The fourth-order valence-corrected chi connectivity index (χ4v) is 2.74. The Morgan fingerprint density at radius 3 is 2.12 bits per heavy atom. The van der Waals surface area contributed by atoms with Gasteiger partial charge in [-0.3, -0.25) is 0 Å². The van der Waals surface area contributed by atoms with Crippen LogP contribution in [0.15, 0.2) is 0 Å². The molecular weight excluding hydrogens is 226 g/mol. The zero-order valence-electron chi connectivity index (χ0n) is 10.4. The standard InChI is InChI=1S/C10H25N3O2S/c1-3-13(4-2)16(14,15)12-10-8-6-5-7-9-11/h12H,3-11H2,1-2H3. The molecule has 0 heterocycles. The van der Waals surface area contributed by atoms with Gasteiger partial charge in [0.25, 0.3) is 10.2 Å². The largest absolute Gasteiger partial charge is 0.330 e. The summed E-state index contributed by atoms with van der Waals surface area (Å²) in [5.41, 5.74) is 5.37. The Morgan fingerprint density at radius 1 is 1.06 bits per heavy atom. The molecule has 0 atom stereocenters. The lowest BCUT2D eigenvalue weighted by Gasteiger charge is -2.18. The third-order valence-electron chi connectivity index (χ3n) is 2.46. The van der Waals surface area contributed by atoms with Crippen LogP contribution in [0.1, 0.15) is 39.5 Å². The highest BCUT2D eigenvalue weighted by Gasteiger charge is 2.16. The lowest BCUT2D eigenvalue weighted by atomic mass is 10.2. The summed E-state index contributed by atoms with van der Waals surface area (Å²) in [6, 6.07) is 0. The van der Waals surface area contributed by atoms with Gasteiger partial charge in [-0.05, 0) is 19.4 Å². The second kappa shape index (κ2) is 8.92. The summed E-state index contributed by atoms with van der Waals surface area (Å²) < 4.78 is 27.4. The first-order chi connectivity index (χ1) is 7.58. The van der Waals surface area contributed by atoms with Gasteiger partial charge < -0.3 is 5.73 Å². The van der Waals surface area contributed by atoms with E-state index in [4.69, 9.17) is 5.73 Å². The van der Waals surface area contributed by atoms with Gasteiger partial charge in [0.15, 0.2) is 0 Å². The van der Waals surface area contributed by atoms with Crippen LogP contribution in [0.3, 0.4) is 0 Å². The first-order valence-corrected chi connectivity index (χ1v) is 7.47. The van der Waals surface area contributed by atoms with E-state index in [1.807, 2.05) is 13.8 Å². The number of hydrogen-bond acceptors (Lipinski definition) is 3. The van der Waals surface area contributed by atoms with Gasteiger partial charge in [0.05, 0.1) is 0 Å². The topological polar surface area (TPSA) is 75.4 Å². The van der Waals surface area contributed by atoms with E-state index in [1.54, 1.807) is 0 Å². The SMILES string of the molecule is CCN(CC)S(=O)(=O)NCCCCCCN. The minimum atomic E-state index is -3.26. The average Bonchev–Trinajstić information content (AvgIpc) is 2.24. The Balaban J connectivity index is 3.74. The molecule has 0 aliphatic rings. The highest BCUT2D eigenvalue weighted by atomic mass is 32.2. The number of unbranched alkanes of at least 4 members (excludes halogenated alkanes) is 3. The van der Waals surface area contributed by atoms with Crippen molar-refractivity contribution in [2.75, 3.05) is 26.2 Å². The molecule has 0 aliphatic carbocycles. The van der Waals surface area contributed by atoms with E-state index in [-0.39, 0.29) is 0 Å². The first kappa shape index (κ1) is 15.8. The van der Waals surface area contributed by atoms with E-state index in [2.05, 4.69) is 4.72 Å². The minimum absolute atomic E-state index is 0.513. The van der Waals surface area contributed by atoms with E-state index in [0.29, 0.717) is 26.2 Å². The molecule has 0 saturated carbocycles. The molecule has 0 aromatic carbocycles. The van der Waals surface area contributed by atoms with E-state index >= 15 is 0 Å². The summed E-state index contributed by atoms with van der Waals surface area (Å²) in [7, 11) is -3.26. The summed E-state index contributed by atoms with van der Waals surface area (Å²) >= 11 is 0. The molecule has 98 valence electrons. The van der Waals surface area contributed by atoms with Crippen LogP contribution in [0.2, 0.25) is 0 Å². The fraction of sp³-hybridized carbons (Fsp3) is 1.00. The minimum Gasteiger partial charge on any atom is -0.330 e. The molecule has 0 aromatic rings. The molecule has 0 fully saturated rings. The quantitative estimate of drug-likeness (QED) is 0.561. The van der Waals surface area contributed by atoms with Crippen molar-refractivity contribution in [1.29, 1.82) is 0 Å². The smallest absolute Gasteiger partial charge is 0.279 e. The van der Waals surface area contributed by atoms with Gasteiger partial charge in [0, 0.05) is 19.6 Å². The molecule has 0 rings (SSSR count).